The van der Waals surface area contributed by atoms with Crippen LogP contribution in [-0.4, -0.2) is 49.6 Å². The number of hydrogen-bond acceptors (Lipinski definition) is 4. The predicted octanol–water partition coefficient (Wildman–Crippen LogP) is 2.57. The Labute approximate surface area is 170 Å². The highest BCUT2D eigenvalue weighted by Crippen LogP contribution is 2.22. The van der Waals surface area contributed by atoms with Crippen LogP contribution in [0.1, 0.15) is 22.7 Å². The van der Waals surface area contributed by atoms with Gasteiger partial charge >= 0.3 is 11.8 Å². The van der Waals surface area contributed by atoms with Crippen LogP contribution in [0.15, 0.2) is 42.5 Å². The van der Waals surface area contributed by atoms with E-state index in [0.29, 0.717) is 32.0 Å². The summed E-state index contributed by atoms with van der Waals surface area (Å²) in [7, 11) is 0. The van der Waals surface area contributed by atoms with Crippen molar-refractivity contribution >= 4 is 17.5 Å². The van der Waals surface area contributed by atoms with Gasteiger partial charge in [-0.25, -0.2) is 4.39 Å². The minimum atomic E-state index is -0.710. The quantitative estimate of drug-likeness (QED) is 0.759. The third kappa shape index (κ3) is 5.40. The zero-order valence-corrected chi connectivity index (χ0v) is 16.7. The third-order valence-electron chi connectivity index (χ3n) is 5.26. The van der Waals surface area contributed by atoms with Crippen molar-refractivity contribution in [2.45, 2.75) is 19.9 Å². The Morgan fingerprint density at radius 3 is 2.45 bits per heavy atom. The number of benzene rings is 2. The number of carbonyl (C=O) groups is 2. The van der Waals surface area contributed by atoms with Gasteiger partial charge in [0, 0.05) is 25.3 Å². The molecule has 0 radical (unpaired) electrons. The summed E-state index contributed by atoms with van der Waals surface area (Å²) >= 11 is 0. The van der Waals surface area contributed by atoms with Crippen LogP contribution in [-0.2, 0) is 14.3 Å². The summed E-state index contributed by atoms with van der Waals surface area (Å²) in [6, 6.07) is 11.6. The molecule has 0 aromatic heterocycles. The maximum Gasteiger partial charge on any atom is 0.313 e. The molecular formula is C22H26FN3O3. The first kappa shape index (κ1) is 21.0. The molecule has 0 spiro atoms. The summed E-state index contributed by atoms with van der Waals surface area (Å²) in [4.78, 5) is 26.9. The Bertz CT molecular complexity index is 864. The predicted molar refractivity (Wildman–Crippen MR) is 109 cm³/mol. The number of ether oxygens (including phenoxy) is 1. The molecule has 2 aromatic rings. The highest BCUT2D eigenvalue weighted by Gasteiger charge is 2.24. The highest BCUT2D eigenvalue weighted by molar-refractivity contribution is 6.39. The van der Waals surface area contributed by atoms with Gasteiger partial charge in [-0.15, -0.1) is 0 Å². The molecule has 7 heteroatoms. The van der Waals surface area contributed by atoms with Gasteiger partial charge < -0.3 is 15.4 Å². The van der Waals surface area contributed by atoms with E-state index in [1.165, 1.54) is 12.1 Å². The third-order valence-corrected chi connectivity index (χ3v) is 5.26. The molecule has 1 heterocycles. The number of nitrogens with zero attached hydrogens (tertiary/aromatic N) is 1. The molecule has 1 aliphatic rings. The molecule has 0 bridgehead atoms. The number of amides is 2. The molecule has 0 aliphatic carbocycles. The lowest BCUT2D eigenvalue weighted by Crippen LogP contribution is -2.45. The molecule has 3 rings (SSSR count). The van der Waals surface area contributed by atoms with Crippen LogP contribution in [0.25, 0.3) is 0 Å². The first-order valence-corrected chi connectivity index (χ1v) is 9.68. The smallest absolute Gasteiger partial charge is 0.313 e. The topological polar surface area (TPSA) is 70.7 Å². The Balaban J connectivity index is 1.66. The molecule has 0 unspecified atom stereocenters. The number of carbonyl (C=O) groups excluding carboxylic acids is 2. The lowest BCUT2D eigenvalue weighted by atomic mass is 10.0. The van der Waals surface area contributed by atoms with Crippen molar-refractivity contribution in [3.8, 4) is 0 Å². The molecule has 1 aliphatic heterocycles. The summed E-state index contributed by atoms with van der Waals surface area (Å²) in [5.41, 5.74) is 3.45. The monoisotopic (exact) mass is 399 g/mol. The van der Waals surface area contributed by atoms with Crippen LogP contribution in [0.3, 0.4) is 0 Å². The van der Waals surface area contributed by atoms with Gasteiger partial charge in [-0.3, -0.25) is 14.5 Å². The Kier molecular flexibility index (Phi) is 6.95. The van der Waals surface area contributed by atoms with Crippen LogP contribution < -0.4 is 10.6 Å². The Hall–Kier alpha value is -2.77. The molecule has 2 N–H and O–H groups in total. The normalized spacial score (nSPS) is 15.6. The van der Waals surface area contributed by atoms with Gasteiger partial charge in [0.25, 0.3) is 0 Å². The van der Waals surface area contributed by atoms with Crippen LogP contribution in [0.2, 0.25) is 0 Å². The van der Waals surface area contributed by atoms with Crippen molar-refractivity contribution in [1.29, 1.82) is 0 Å². The standard InChI is InChI=1S/C22H26FN3O3/c1-15-4-3-5-19(16(15)2)25-22(28)21(27)24-14-20(26-10-12-29-13-11-26)17-6-8-18(23)9-7-17/h3-9,20H,10-14H2,1-2H3,(H,24,27)(H,25,28)/t20-/m0/s1. The van der Waals surface area contributed by atoms with Crippen molar-refractivity contribution in [2.75, 3.05) is 38.2 Å². The number of aryl methyl sites for hydroxylation is 1. The summed E-state index contributed by atoms with van der Waals surface area (Å²) in [6.07, 6.45) is 0. The van der Waals surface area contributed by atoms with Gasteiger partial charge in [0.1, 0.15) is 5.82 Å². The van der Waals surface area contributed by atoms with E-state index >= 15 is 0 Å². The number of halogens is 1. The average molecular weight is 399 g/mol. The van der Waals surface area contributed by atoms with E-state index in [1.54, 1.807) is 18.2 Å². The maximum atomic E-state index is 13.3. The molecule has 154 valence electrons. The van der Waals surface area contributed by atoms with Gasteiger partial charge in [-0.2, -0.15) is 0 Å². The van der Waals surface area contributed by atoms with Crippen molar-refractivity contribution in [3.05, 3.63) is 65.0 Å². The number of hydrogen-bond donors (Lipinski definition) is 2. The summed E-state index contributed by atoms with van der Waals surface area (Å²) in [5.74, 6) is -1.73. The average Bonchev–Trinajstić information content (AvgIpc) is 2.73. The van der Waals surface area contributed by atoms with Gasteiger partial charge in [0.2, 0.25) is 0 Å². The van der Waals surface area contributed by atoms with Gasteiger partial charge in [0.15, 0.2) is 0 Å². The summed E-state index contributed by atoms with van der Waals surface area (Å²) < 4.78 is 18.7. The summed E-state index contributed by atoms with van der Waals surface area (Å²) in [5, 5.41) is 5.39. The van der Waals surface area contributed by atoms with Crippen molar-refractivity contribution < 1.29 is 18.7 Å². The van der Waals surface area contributed by atoms with Gasteiger partial charge in [-0.1, -0.05) is 24.3 Å². The molecule has 1 atom stereocenters. The van der Waals surface area contributed by atoms with Crippen LogP contribution in [0.4, 0.5) is 10.1 Å². The van der Waals surface area contributed by atoms with E-state index in [9.17, 15) is 14.0 Å². The first-order valence-electron chi connectivity index (χ1n) is 9.68. The Morgan fingerprint density at radius 2 is 1.76 bits per heavy atom. The lowest BCUT2D eigenvalue weighted by molar-refractivity contribution is -0.136. The van der Waals surface area contributed by atoms with Crippen molar-refractivity contribution in [3.63, 3.8) is 0 Å². The second kappa shape index (κ2) is 9.62. The molecule has 2 amide bonds. The van der Waals surface area contributed by atoms with E-state index in [2.05, 4.69) is 15.5 Å². The number of morpholine rings is 1. The largest absolute Gasteiger partial charge is 0.379 e. The van der Waals surface area contributed by atoms with E-state index in [0.717, 1.165) is 16.7 Å². The first-order chi connectivity index (χ1) is 14.0. The minimum Gasteiger partial charge on any atom is -0.379 e. The number of rotatable bonds is 5. The SMILES string of the molecule is Cc1cccc(NC(=O)C(=O)NC[C@@H](c2ccc(F)cc2)N2CCOCC2)c1C. The van der Waals surface area contributed by atoms with Gasteiger partial charge in [0.05, 0.1) is 19.3 Å². The second-order valence-electron chi connectivity index (χ2n) is 7.13. The second-order valence-corrected chi connectivity index (χ2v) is 7.13. The molecule has 1 fully saturated rings. The summed E-state index contributed by atoms with van der Waals surface area (Å²) in [6.45, 7) is 6.67. The fourth-order valence-corrected chi connectivity index (χ4v) is 3.37. The van der Waals surface area contributed by atoms with E-state index < -0.39 is 11.8 Å². The van der Waals surface area contributed by atoms with E-state index in [1.807, 2.05) is 26.0 Å². The zero-order valence-electron chi connectivity index (χ0n) is 16.7. The lowest BCUT2D eigenvalue weighted by Gasteiger charge is -2.34. The van der Waals surface area contributed by atoms with E-state index in [4.69, 9.17) is 4.74 Å². The molecule has 2 aromatic carbocycles. The maximum absolute atomic E-state index is 13.3. The molecule has 29 heavy (non-hydrogen) atoms. The zero-order chi connectivity index (χ0) is 20.8. The van der Waals surface area contributed by atoms with Crippen molar-refractivity contribution in [2.24, 2.45) is 0 Å². The van der Waals surface area contributed by atoms with E-state index in [-0.39, 0.29) is 18.4 Å². The number of nitrogens with one attached hydrogen (secondary N) is 2. The highest BCUT2D eigenvalue weighted by atomic mass is 19.1. The van der Waals surface area contributed by atoms with Gasteiger partial charge in [-0.05, 0) is 48.7 Å². The molecule has 6 nitrogen and oxygen atoms in total. The molecule has 0 saturated carbocycles. The number of anilines is 1. The van der Waals surface area contributed by atoms with Crippen LogP contribution >= 0.6 is 0 Å². The van der Waals surface area contributed by atoms with Crippen LogP contribution in [0, 0.1) is 19.7 Å². The minimum absolute atomic E-state index is 0.169. The fraction of sp³-hybridized carbons (Fsp3) is 0.364. The van der Waals surface area contributed by atoms with Crippen molar-refractivity contribution in [1.82, 2.24) is 10.2 Å². The molecule has 1 saturated heterocycles. The molecular weight excluding hydrogens is 373 g/mol. The van der Waals surface area contributed by atoms with Crippen LogP contribution in [0.5, 0.6) is 0 Å². The Morgan fingerprint density at radius 1 is 1.07 bits per heavy atom. The fourth-order valence-electron chi connectivity index (χ4n) is 3.37.